The summed E-state index contributed by atoms with van der Waals surface area (Å²) in [4.78, 5) is 10.9. The molecular weight excluding hydrogens is 192 g/mol. The lowest BCUT2D eigenvalue weighted by Gasteiger charge is -2.24. The lowest BCUT2D eigenvalue weighted by molar-refractivity contribution is -0.140. The van der Waals surface area contributed by atoms with Gasteiger partial charge in [-0.25, -0.2) is 0 Å². The van der Waals surface area contributed by atoms with Gasteiger partial charge in [-0.1, -0.05) is 27.7 Å². The summed E-state index contributed by atoms with van der Waals surface area (Å²) in [5.41, 5.74) is 5.62. The summed E-state index contributed by atoms with van der Waals surface area (Å²) in [6.45, 7) is 9.27. The molecule has 0 aromatic carbocycles. The monoisotopic (exact) mass is 216 g/mol. The van der Waals surface area contributed by atoms with Crippen LogP contribution in [0.5, 0.6) is 0 Å². The van der Waals surface area contributed by atoms with Gasteiger partial charge < -0.3 is 16.2 Å². The fraction of sp³-hybridized carbons (Fsp3) is 0.909. The molecule has 15 heavy (non-hydrogen) atoms. The minimum Gasteiger partial charge on any atom is -0.480 e. The molecule has 90 valence electrons. The quantitative estimate of drug-likeness (QED) is 0.591. The van der Waals surface area contributed by atoms with Gasteiger partial charge in [-0.15, -0.1) is 0 Å². The Hall–Kier alpha value is -0.610. The number of hydrogen-bond donors (Lipinski definition) is 3. The molecule has 0 aromatic heterocycles. The average molecular weight is 216 g/mol. The molecule has 4 N–H and O–H groups in total. The van der Waals surface area contributed by atoms with Gasteiger partial charge in [0.05, 0.1) is 0 Å². The summed E-state index contributed by atoms with van der Waals surface area (Å²) in [6, 6.07) is -0.474. The molecule has 4 heteroatoms. The van der Waals surface area contributed by atoms with Gasteiger partial charge in [0.1, 0.15) is 6.04 Å². The van der Waals surface area contributed by atoms with E-state index in [9.17, 15) is 4.79 Å². The van der Waals surface area contributed by atoms with Crippen molar-refractivity contribution in [2.24, 2.45) is 23.5 Å². The van der Waals surface area contributed by atoms with Gasteiger partial charge in [0.15, 0.2) is 0 Å². The van der Waals surface area contributed by atoms with Crippen LogP contribution >= 0.6 is 0 Å². The third kappa shape index (κ3) is 5.14. The standard InChI is InChI=1S/C11H24N2O2/c1-7(2)9(5-12)6-13-10(8(3)4)11(14)15/h7-10,13H,5-6,12H2,1-4H3,(H,14,15). The summed E-state index contributed by atoms with van der Waals surface area (Å²) in [7, 11) is 0. The second-order valence-electron chi connectivity index (χ2n) is 4.71. The van der Waals surface area contributed by atoms with E-state index in [1.54, 1.807) is 0 Å². The second kappa shape index (κ2) is 6.80. The van der Waals surface area contributed by atoms with Crippen molar-refractivity contribution in [1.29, 1.82) is 0 Å². The van der Waals surface area contributed by atoms with Crippen molar-refractivity contribution in [3.05, 3.63) is 0 Å². The fourth-order valence-corrected chi connectivity index (χ4v) is 1.48. The zero-order valence-corrected chi connectivity index (χ0v) is 10.2. The number of carboxylic acids is 1. The third-order valence-electron chi connectivity index (χ3n) is 2.78. The topological polar surface area (TPSA) is 75.3 Å². The Balaban J connectivity index is 4.14. The highest BCUT2D eigenvalue weighted by molar-refractivity contribution is 5.73. The van der Waals surface area contributed by atoms with E-state index in [2.05, 4.69) is 19.2 Å². The van der Waals surface area contributed by atoms with E-state index in [1.807, 2.05) is 13.8 Å². The van der Waals surface area contributed by atoms with Gasteiger partial charge in [-0.05, 0) is 24.3 Å². The molecule has 0 bridgehead atoms. The molecular formula is C11H24N2O2. The van der Waals surface area contributed by atoms with Crippen LogP contribution in [0, 0.1) is 17.8 Å². The molecule has 0 radical (unpaired) electrons. The van der Waals surface area contributed by atoms with Crippen LogP contribution in [0.15, 0.2) is 0 Å². The maximum atomic E-state index is 10.9. The first-order valence-corrected chi connectivity index (χ1v) is 5.56. The van der Waals surface area contributed by atoms with Crippen molar-refractivity contribution in [3.8, 4) is 0 Å². The van der Waals surface area contributed by atoms with Crippen molar-refractivity contribution in [2.75, 3.05) is 13.1 Å². The first kappa shape index (κ1) is 14.4. The van der Waals surface area contributed by atoms with Crippen LogP contribution < -0.4 is 11.1 Å². The Bertz CT molecular complexity index is 193. The van der Waals surface area contributed by atoms with Gasteiger partial charge in [0.2, 0.25) is 0 Å². The summed E-state index contributed by atoms with van der Waals surface area (Å²) in [5.74, 6) is 0.118. The van der Waals surface area contributed by atoms with Crippen LogP contribution in [0.2, 0.25) is 0 Å². The van der Waals surface area contributed by atoms with Crippen molar-refractivity contribution in [3.63, 3.8) is 0 Å². The molecule has 0 spiro atoms. The molecule has 0 saturated heterocycles. The Kier molecular flexibility index (Phi) is 6.52. The minimum absolute atomic E-state index is 0.0908. The van der Waals surface area contributed by atoms with Crippen molar-refractivity contribution >= 4 is 5.97 Å². The minimum atomic E-state index is -0.787. The molecule has 4 nitrogen and oxygen atoms in total. The zero-order chi connectivity index (χ0) is 12.0. The SMILES string of the molecule is CC(C)C(CN)CNC(C(=O)O)C(C)C. The largest absolute Gasteiger partial charge is 0.480 e. The van der Waals surface area contributed by atoms with E-state index >= 15 is 0 Å². The maximum absolute atomic E-state index is 10.9. The molecule has 0 fully saturated rings. The van der Waals surface area contributed by atoms with E-state index in [-0.39, 0.29) is 5.92 Å². The van der Waals surface area contributed by atoms with Gasteiger partial charge in [0, 0.05) is 6.54 Å². The summed E-state index contributed by atoms with van der Waals surface area (Å²) >= 11 is 0. The normalized spacial score (nSPS) is 15.7. The van der Waals surface area contributed by atoms with Crippen LogP contribution in [0.1, 0.15) is 27.7 Å². The third-order valence-corrected chi connectivity index (χ3v) is 2.78. The highest BCUT2D eigenvalue weighted by Gasteiger charge is 2.22. The van der Waals surface area contributed by atoms with E-state index < -0.39 is 12.0 Å². The molecule has 0 aliphatic rings. The number of nitrogens with one attached hydrogen (secondary N) is 1. The molecule has 0 saturated carbocycles. The van der Waals surface area contributed by atoms with E-state index in [1.165, 1.54) is 0 Å². The molecule has 2 atom stereocenters. The Morgan fingerprint density at radius 3 is 2.07 bits per heavy atom. The van der Waals surface area contributed by atoms with Crippen LogP contribution in [-0.2, 0) is 4.79 Å². The number of carbonyl (C=O) groups is 1. The maximum Gasteiger partial charge on any atom is 0.320 e. The van der Waals surface area contributed by atoms with Gasteiger partial charge in [-0.2, -0.15) is 0 Å². The van der Waals surface area contributed by atoms with Crippen LogP contribution in [0.25, 0.3) is 0 Å². The van der Waals surface area contributed by atoms with Crippen molar-refractivity contribution < 1.29 is 9.90 Å². The summed E-state index contributed by atoms with van der Waals surface area (Å²) < 4.78 is 0. The molecule has 2 unspecified atom stereocenters. The van der Waals surface area contributed by atoms with Gasteiger partial charge in [-0.3, -0.25) is 4.79 Å². The number of aliphatic carboxylic acids is 1. The molecule has 0 aromatic rings. The number of carboxylic acid groups (broad SMARTS) is 1. The number of rotatable bonds is 7. The van der Waals surface area contributed by atoms with Crippen LogP contribution in [0.3, 0.4) is 0 Å². The average Bonchev–Trinajstić information content (AvgIpc) is 2.10. The summed E-state index contributed by atoms with van der Waals surface area (Å²) in [5, 5.41) is 12.0. The van der Waals surface area contributed by atoms with Crippen LogP contribution in [-0.4, -0.2) is 30.2 Å². The molecule has 0 aliphatic carbocycles. The lowest BCUT2D eigenvalue weighted by atomic mass is 9.95. The van der Waals surface area contributed by atoms with E-state index in [0.717, 1.165) is 0 Å². The molecule has 0 heterocycles. The van der Waals surface area contributed by atoms with Gasteiger partial charge in [0.25, 0.3) is 0 Å². The lowest BCUT2D eigenvalue weighted by Crippen LogP contribution is -2.45. The summed E-state index contributed by atoms with van der Waals surface area (Å²) in [6.07, 6.45) is 0. The smallest absolute Gasteiger partial charge is 0.320 e. The Morgan fingerprint density at radius 2 is 1.80 bits per heavy atom. The first-order valence-electron chi connectivity index (χ1n) is 5.56. The van der Waals surface area contributed by atoms with E-state index in [0.29, 0.717) is 24.9 Å². The Labute approximate surface area is 92.2 Å². The predicted molar refractivity (Wildman–Crippen MR) is 61.6 cm³/mol. The highest BCUT2D eigenvalue weighted by Crippen LogP contribution is 2.09. The number of hydrogen-bond acceptors (Lipinski definition) is 3. The molecule has 0 aliphatic heterocycles. The van der Waals surface area contributed by atoms with Crippen molar-refractivity contribution in [1.82, 2.24) is 5.32 Å². The molecule has 0 amide bonds. The fourth-order valence-electron chi connectivity index (χ4n) is 1.48. The first-order chi connectivity index (χ1) is 6.90. The van der Waals surface area contributed by atoms with Crippen molar-refractivity contribution in [2.45, 2.75) is 33.7 Å². The highest BCUT2D eigenvalue weighted by atomic mass is 16.4. The zero-order valence-electron chi connectivity index (χ0n) is 10.2. The molecule has 0 rings (SSSR count). The predicted octanol–water partition coefficient (Wildman–Crippen LogP) is 0.916. The number of nitrogens with two attached hydrogens (primary N) is 1. The van der Waals surface area contributed by atoms with Crippen LogP contribution in [0.4, 0.5) is 0 Å². The van der Waals surface area contributed by atoms with E-state index in [4.69, 9.17) is 10.8 Å². The second-order valence-corrected chi connectivity index (χ2v) is 4.71. The van der Waals surface area contributed by atoms with Gasteiger partial charge >= 0.3 is 5.97 Å². The Morgan fingerprint density at radius 1 is 1.27 bits per heavy atom.